The molecule has 0 atom stereocenters. The van der Waals surface area contributed by atoms with E-state index in [4.69, 9.17) is 4.74 Å². The maximum absolute atomic E-state index is 12.9. The summed E-state index contributed by atoms with van der Waals surface area (Å²) < 4.78 is 44.6. The smallest absolute Gasteiger partial charge is 0.421 e. The summed E-state index contributed by atoms with van der Waals surface area (Å²) in [6, 6.07) is 13.1. The lowest BCUT2D eigenvalue weighted by Gasteiger charge is -2.19. The van der Waals surface area contributed by atoms with Gasteiger partial charge in [-0.25, -0.2) is 0 Å². The van der Waals surface area contributed by atoms with E-state index in [1.54, 1.807) is 14.2 Å². The second-order valence-corrected chi connectivity index (χ2v) is 6.65. The highest BCUT2D eigenvalue weighted by atomic mass is 19.4. The molecule has 0 unspecified atom stereocenters. The third-order valence-corrected chi connectivity index (χ3v) is 4.59. The van der Waals surface area contributed by atoms with Crippen LogP contribution in [-0.4, -0.2) is 29.5 Å². The van der Waals surface area contributed by atoms with Gasteiger partial charge in [0.1, 0.15) is 17.9 Å². The van der Waals surface area contributed by atoms with E-state index in [9.17, 15) is 22.8 Å². The van der Waals surface area contributed by atoms with E-state index >= 15 is 0 Å². The summed E-state index contributed by atoms with van der Waals surface area (Å²) in [7, 11) is 3.13. The van der Waals surface area contributed by atoms with Crippen molar-refractivity contribution in [1.29, 1.82) is 0 Å². The number of halogens is 3. The summed E-state index contributed by atoms with van der Waals surface area (Å²) in [6.07, 6.45) is -3.59. The van der Waals surface area contributed by atoms with Crippen LogP contribution >= 0.6 is 0 Å². The fourth-order valence-electron chi connectivity index (χ4n) is 3.00. The van der Waals surface area contributed by atoms with Crippen LogP contribution in [-0.2, 0) is 24.1 Å². The van der Waals surface area contributed by atoms with Gasteiger partial charge in [0.15, 0.2) is 0 Å². The fourth-order valence-corrected chi connectivity index (χ4v) is 3.00. The molecule has 0 aliphatic heterocycles. The average molecular weight is 404 g/mol. The van der Waals surface area contributed by atoms with E-state index in [0.717, 1.165) is 32.7 Å². The normalized spacial score (nSPS) is 11.5. The van der Waals surface area contributed by atoms with E-state index in [0.29, 0.717) is 6.07 Å². The number of pyridine rings is 1. The molecule has 152 valence electrons. The third-order valence-electron chi connectivity index (χ3n) is 4.59. The van der Waals surface area contributed by atoms with Gasteiger partial charge in [-0.1, -0.05) is 18.2 Å². The van der Waals surface area contributed by atoms with Crippen molar-refractivity contribution >= 4 is 16.7 Å². The molecular formula is C21H19F3N2O3. The summed E-state index contributed by atoms with van der Waals surface area (Å²) in [5, 5.41) is 1.95. The van der Waals surface area contributed by atoms with Gasteiger partial charge >= 0.3 is 6.18 Å². The zero-order chi connectivity index (χ0) is 21.2. The topological polar surface area (TPSA) is 51.5 Å². The van der Waals surface area contributed by atoms with Crippen molar-refractivity contribution < 1.29 is 22.7 Å². The van der Waals surface area contributed by atoms with E-state index < -0.39 is 29.8 Å². The Hall–Kier alpha value is -3.29. The van der Waals surface area contributed by atoms with Crippen molar-refractivity contribution in [3.05, 3.63) is 76.2 Å². The SMILES string of the molecule is COc1ccc2cc(CN(C)C(=O)Cn3cccc(C(F)(F)F)c3=O)ccc2c1. The van der Waals surface area contributed by atoms with Crippen molar-refractivity contribution in [2.75, 3.05) is 14.2 Å². The number of hydrogen-bond donors (Lipinski definition) is 0. The predicted octanol–water partition coefficient (Wildman–Crippen LogP) is 3.69. The number of methoxy groups -OCH3 is 1. The Bertz CT molecular complexity index is 1110. The molecule has 3 rings (SSSR count). The Morgan fingerprint density at radius 2 is 1.79 bits per heavy atom. The number of benzene rings is 2. The zero-order valence-corrected chi connectivity index (χ0v) is 15.9. The Morgan fingerprint density at radius 3 is 2.48 bits per heavy atom. The van der Waals surface area contributed by atoms with Gasteiger partial charge in [-0.3, -0.25) is 9.59 Å². The maximum Gasteiger partial charge on any atom is 0.421 e. The molecule has 0 N–H and O–H groups in total. The standard InChI is InChI=1S/C21H19F3N2O3/c1-25(12-14-5-6-16-11-17(29-2)8-7-15(16)10-14)19(27)13-26-9-3-4-18(20(26)28)21(22,23)24/h3-11H,12-13H2,1-2H3. The lowest BCUT2D eigenvalue weighted by molar-refractivity contribution is -0.139. The molecule has 1 heterocycles. The number of alkyl halides is 3. The first kappa shape index (κ1) is 20.4. The quantitative estimate of drug-likeness (QED) is 0.652. The molecule has 1 amide bonds. The monoisotopic (exact) mass is 404 g/mol. The molecule has 3 aromatic rings. The first-order valence-corrected chi connectivity index (χ1v) is 8.76. The number of aromatic nitrogens is 1. The average Bonchev–Trinajstić information content (AvgIpc) is 2.68. The summed E-state index contributed by atoms with van der Waals surface area (Å²) in [5.41, 5.74) is -1.67. The summed E-state index contributed by atoms with van der Waals surface area (Å²) in [4.78, 5) is 25.8. The van der Waals surface area contributed by atoms with Crippen LogP contribution in [0, 0.1) is 0 Å². The molecule has 0 radical (unpaired) electrons. The number of fused-ring (bicyclic) bond motifs is 1. The van der Waals surface area contributed by atoms with Crippen LogP contribution in [0.4, 0.5) is 13.2 Å². The van der Waals surface area contributed by atoms with E-state index in [2.05, 4.69) is 0 Å². The number of carbonyl (C=O) groups is 1. The molecule has 1 aromatic heterocycles. The van der Waals surface area contributed by atoms with Crippen molar-refractivity contribution in [2.45, 2.75) is 19.3 Å². The van der Waals surface area contributed by atoms with Crippen molar-refractivity contribution in [3.63, 3.8) is 0 Å². The molecule has 0 saturated heterocycles. The minimum absolute atomic E-state index is 0.258. The van der Waals surface area contributed by atoms with E-state index in [-0.39, 0.29) is 6.54 Å². The van der Waals surface area contributed by atoms with Gasteiger partial charge in [0, 0.05) is 19.8 Å². The van der Waals surface area contributed by atoms with Crippen LogP contribution in [0.1, 0.15) is 11.1 Å². The Labute approximate surface area is 164 Å². The largest absolute Gasteiger partial charge is 0.497 e. The van der Waals surface area contributed by atoms with E-state index in [1.807, 2.05) is 36.4 Å². The van der Waals surface area contributed by atoms with Gasteiger partial charge in [-0.15, -0.1) is 0 Å². The van der Waals surface area contributed by atoms with Gasteiger partial charge in [0.2, 0.25) is 5.91 Å². The van der Waals surface area contributed by atoms with Gasteiger partial charge in [-0.05, 0) is 46.7 Å². The van der Waals surface area contributed by atoms with Crippen LogP contribution in [0.5, 0.6) is 5.75 Å². The van der Waals surface area contributed by atoms with Gasteiger partial charge in [0.25, 0.3) is 5.56 Å². The highest BCUT2D eigenvalue weighted by Gasteiger charge is 2.34. The molecule has 5 nitrogen and oxygen atoms in total. The Kier molecular flexibility index (Phi) is 5.63. The molecule has 8 heteroatoms. The predicted molar refractivity (Wildman–Crippen MR) is 103 cm³/mol. The highest BCUT2D eigenvalue weighted by molar-refractivity contribution is 5.84. The van der Waals surface area contributed by atoms with Crippen LogP contribution in [0.3, 0.4) is 0 Å². The fraction of sp³-hybridized carbons (Fsp3) is 0.238. The number of rotatable bonds is 5. The molecule has 0 saturated carbocycles. The first-order chi connectivity index (χ1) is 13.7. The number of ether oxygens (including phenoxy) is 1. The lowest BCUT2D eigenvalue weighted by Crippen LogP contribution is -2.35. The minimum atomic E-state index is -4.76. The molecule has 0 aliphatic carbocycles. The van der Waals surface area contributed by atoms with Crippen LogP contribution in [0.15, 0.2) is 59.5 Å². The van der Waals surface area contributed by atoms with Gasteiger partial charge in [0.05, 0.1) is 7.11 Å². The number of carbonyl (C=O) groups excluding carboxylic acids is 1. The van der Waals surface area contributed by atoms with Crippen molar-refractivity contribution in [1.82, 2.24) is 9.47 Å². The number of amides is 1. The maximum atomic E-state index is 12.9. The van der Waals surface area contributed by atoms with Crippen molar-refractivity contribution in [3.8, 4) is 5.75 Å². The summed E-state index contributed by atoms with van der Waals surface area (Å²) in [6.45, 7) is -0.210. The van der Waals surface area contributed by atoms with Gasteiger partial charge in [-0.2, -0.15) is 13.2 Å². The first-order valence-electron chi connectivity index (χ1n) is 8.76. The lowest BCUT2D eigenvalue weighted by atomic mass is 10.1. The Balaban J connectivity index is 1.74. The molecule has 0 aliphatic rings. The molecule has 0 bridgehead atoms. The zero-order valence-electron chi connectivity index (χ0n) is 15.9. The molecule has 0 fully saturated rings. The number of likely N-dealkylation sites (N-methyl/N-ethyl adjacent to an activating group) is 1. The minimum Gasteiger partial charge on any atom is -0.497 e. The van der Waals surface area contributed by atoms with Gasteiger partial charge < -0.3 is 14.2 Å². The number of hydrogen-bond acceptors (Lipinski definition) is 3. The second kappa shape index (κ2) is 7.98. The molecule has 2 aromatic carbocycles. The van der Waals surface area contributed by atoms with Crippen LogP contribution in [0.2, 0.25) is 0 Å². The third kappa shape index (κ3) is 4.59. The summed E-state index contributed by atoms with van der Waals surface area (Å²) in [5.74, 6) is 0.269. The van der Waals surface area contributed by atoms with E-state index in [1.165, 1.54) is 11.1 Å². The van der Waals surface area contributed by atoms with Crippen LogP contribution < -0.4 is 10.3 Å². The Morgan fingerprint density at radius 1 is 1.10 bits per heavy atom. The van der Waals surface area contributed by atoms with Crippen molar-refractivity contribution in [2.24, 2.45) is 0 Å². The highest BCUT2D eigenvalue weighted by Crippen LogP contribution is 2.26. The summed E-state index contributed by atoms with van der Waals surface area (Å²) >= 11 is 0. The van der Waals surface area contributed by atoms with Crippen LogP contribution in [0.25, 0.3) is 10.8 Å². The number of nitrogens with zero attached hydrogens (tertiary/aromatic N) is 2. The molecule has 29 heavy (non-hydrogen) atoms. The molecular weight excluding hydrogens is 385 g/mol. The second-order valence-electron chi connectivity index (χ2n) is 6.65. The molecule has 0 spiro atoms.